The lowest BCUT2D eigenvalue weighted by molar-refractivity contribution is 0.276. The predicted octanol–water partition coefficient (Wildman–Crippen LogP) is 3.87. The van der Waals surface area contributed by atoms with Crippen molar-refractivity contribution < 1.29 is 5.11 Å². The van der Waals surface area contributed by atoms with Gasteiger partial charge in [0, 0.05) is 17.7 Å². The zero-order valence-electron chi connectivity index (χ0n) is 13.7. The van der Waals surface area contributed by atoms with Gasteiger partial charge in [0.1, 0.15) is 11.6 Å². The molecule has 0 aliphatic heterocycles. The summed E-state index contributed by atoms with van der Waals surface area (Å²) >= 11 is 0. The van der Waals surface area contributed by atoms with Crippen molar-refractivity contribution in [2.24, 2.45) is 0 Å². The van der Waals surface area contributed by atoms with Gasteiger partial charge < -0.3 is 10.4 Å². The maximum absolute atomic E-state index is 9.69. The fourth-order valence-corrected chi connectivity index (χ4v) is 2.21. The Morgan fingerprint density at radius 1 is 1.00 bits per heavy atom. The van der Waals surface area contributed by atoms with Crippen LogP contribution in [0.25, 0.3) is 0 Å². The first-order valence-corrected chi connectivity index (χ1v) is 7.82. The topological polar surface area (TPSA) is 58.0 Å². The van der Waals surface area contributed by atoms with Crippen LogP contribution in [0, 0.1) is 0 Å². The molecule has 0 aliphatic carbocycles. The van der Waals surface area contributed by atoms with Crippen molar-refractivity contribution in [3.63, 3.8) is 0 Å². The number of aliphatic hydroxyl groups is 1. The molecular formula is C18H25N3O. The van der Waals surface area contributed by atoms with Crippen LogP contribution < -0.4 is 5.32 Å². The summed E-state index contributed by atoms with van der Waals surface area (Å²) in [5, 5.41) is 13.0. The molecule has 4 heteroatoms. The monoisotopic (exact) mass is 299 g/mol. The van der Waals surface area contributed by atoms with Crippen LogP contribution >= 0.6 is 0 Å². The van der Waals surface area contributed by atoms with Crippen LogP contribution in [0.1, 0.15) is 62.7 Å². The van der Waals surface area contributed by atoms with E-state index in [0.717, 1.165) is 22.9 Å². The third-order valence-corrected chi connectivity index (χ3v) is 3.58. The molecule has 1 unspecified atom stereocenters. The van der Waals surface area contributed by atoms with E-state index >= 15 is 0 Å². The summed E-state index contributed by atoms with van der Waals surface area (Å²) < 4.78 is 0. The number of hydrogen-bond acceptors (Lipinski definition) is 4. The summed E-state index contributed by atoms with van der Waals surface area (Å²) in [6, 6.07) is 11.7. The fourth-order valence-electron chi connectivity index (χ4n) is 2.21. The Morgan fingerprint density at radius 2 is 1.68 bits per heavy atom. The van der Waals surface area contributed by atoms with Crippen molar-refractivity contribution in [1.82, 2.24) is 9.97 Å². The normalized spacial score (nSPS) is 12.7. The van der Waals surface area contributed by atoms with Gasteiger partial charge >= 0.3 is 0 Å². The highest BCUT2D eigenvalue weighted by atomic mass is 16.3. The van der Waals surface area contributed by atoms with Gasteiger partial charge in [-0.05, 0) is 11.5 Å². The lowest BCUT2D eigenvalue weighted by atomic mass is 10.1. The summed E-state index contributed by atoms with van der Waals surface area (Å²) in [5.41, 5.74) is 2.06. The molecule has 0 aliphatic rings. The van der Waals surface area contributed by atoms with Crippen LogP contribution in [0.15, 0.2) is 36.4 Å². The smallest absolute Gasteiger partial charge is 0.133 e. The van der Waals surface area contributed by atoms with Gasteiger partial charge in [0.15, 0.2) is 0 Å². The van der Waals surface area contributed by atoms with E-state index in [0.29, 0.717) is 5.92 Å². The molecule has 0 bridgehead atoms. The van der Waals surface area contributed by atoms with Crippen LogP contribution in [0.5, 0.6) is 0 Å². The van der Waals surface area contributed by atoms with Gasteiger partial charge in [-0.25, -0.2) is 9.97 Å². The first-order chi connectivity index (χ1) is 10.5. The number of hydrogen-bond donors (Lipinski definition) is 2. The van der Waals surface area contributed by atoms with Crippen LogP contribution in [0.3, 0.4) is 0 Å². The zero-order chi connectivity index (χ0) is 16.1. The van der Waals surface area contributed by atoms with E-state index in [4.69, 9.17) is 0 Å². The molecule has 1 heterocycles. The average molecular weight is 299 g/mol. The van der Waals surface area contributed by atoms with Crippen LogP contribution in [-0.4, -0.2) is 21.7 Å². The number of anilines is 1. The standard InChI is InChI=1S/C18H25N3O/c1-12(2)15-10-17(21-18(20-15)13(3)4)19-16(11-22)14-8-6-5-7-9-14/h5-10,12-13,16,22H,11H2,1-4H3,(H,19,20,21). The molecule has 0 radical (unpaired) electrons. The minimum absolute atomic E-state index is 0.0159. The molecule has 2 N–H and O–H groups in total. The predicted molar refractivity (Wildman–Crippen MR) is 90.1 cm³/mol. The number of rotatable bonds is 6. The van der Waals surface area contributed by atoms with Crippen molar-refractivity contribution in [3.05, 3.63) is 53.5 Å². The molecule has 1 aromatic carbocycles. The molecular weight excluding hydrogens is 274 g/mol. The molecule has 0 fully saturated rings. The lowest BCUT2D eigenvalue weighted by Gasteiger charge is -2.19. The Labute approximate surface area is 132 Å². The molecule has 2 rings (SSSR count). The average Bonchev–Trinajstić information content (AvgIpc) is 2.53. The van der Waals surface area contributed by atoms with Crippen LogP contribution in [-0.2, 0) is 0 Å². The highest BCUT2D eigenvalue weighted by Crippen LogP contribution is 2.23. The Kier molecular flexibility index (Phi) is 5.50. The maximum atomic E-state index is 9.69. The van der Waals surface area contributed by atoms with Gasteiger partial charge in [-0.3, -0.25) is 0 Å². The number of benzene rings is 1. The molecule has 0 amide bonds. The van der Waals surface area contributed by atoms with Gasteiger partial charge in [-0.1, -0.05) is 58.0 Å². The molecule has 1 aromatic heterocycles. The number of nitrogens with zero attached hydrogens (tertiary/aromatic N) is 2. The second-order valence-electron chi connectivity index (χ2n) is 6.14. The molecule has 4 nitrogen and oxygen atoms in total. The van der Waals surface area contributed by atoms with E-state index in [1.165, 1.54) is 0 Å². The SMILES string of the molecule is CC(C)c1cc(NC(CO)c2ccccc2)nc(C(C)C)n1. The zero-order valence-corrected chi connectivity index (χ0v) is 13.7. The molecule has 2 aromatic rings. The van der Waals surface area contributed by atoms with Gasteiger partial charge in [0.05, 0.1) is 12.6 Å². The van der Waals surface area contributed by atoms with Crippen molar-refractivity contribution in [1.29, 1.82) is 0 Å². The van der Waals surface area contributed by atoms with E-state index in [2.05, 4.69) is 43.0 Å². The quantitative estimate of drug-likeness (QED) is 0.850. The second-order valence-corrected chi connectivity index (χ2v) is 6.14. The second kappa shape index (κ2) is 7.36. The summed E-state index contributed by atoms with van der Waals surface area (Å²) in [7, 11) is 0. The summed E-state index contributed by atoms with van der Waals surface area (Å²) in [4.78, 5) is 9.22. The highest BCUT2D eigenvalue weighted by molar-refractivity contribution is 5.41. The number of aromatic nitrogens is 2. The Bertz CT molecular complexity index is 570. The van der Waals surface area contributed by atoms with Gasteiger partial charge in [0.2, 0.25) is 0 Å². The minimum atomic E-state index is -0.170. The van der Waals surface area contributed by atoms with E-state index in [1.54, 1.807) is 0 Å². The minimum Gasteiger partial charge on any atom is -0.394 e. The van der Waals surface area contributed by atoms with E-state index < -0.39 is 0 Å². The van der Waals surface area contributed by atoms with E-state index in [1.807, 2.05) is 36.4 Å². The molecule has 118 valence electrons. The number of nitrogens with one attached hydrogen (secondary N) is 1. The maximum Gasteiger partial charge on any atom is 0.133 e. The largest absolute Gasteiger partial charge is 0.394 e. The van der Waals surface area contributed by atoms with Gasteiger partial charge in [0.25, 0.3) is 0 Å². The van der Waals surface area contributed by atoms with E-state index in [-0.39, 0.29) is 18.6 Å². The Morgan fingerprint density at radius 3 is 2.23 bits per heavy atom. The first-order valence-electron chi connectivity index (χ1n) is 7.82. The van der Waals surface area contributed by atoms with Crippen molar-refractivity contribution in [3.8, 4) is 0 Å². The Balaban J connectivity index is 2.31. The molecule has 0 saturated heterocycles. The molecule has 22 heavy (non-hydrogen) atoms. The molecule has 0 saturated carbocycles. The third-order valence-electron chi connectivity index (χ3n) is 3.58. The first kappa shape index (κ1) is 16.4. The van der Waals surface area contributed by atoms with Gasteiger partial charge in [-0.15, -0.1) is 0 Å². The highest BCUT2D eigenvalue weighted by Gasteiger charge is 2.14. The summed E-state index contributed by atoms with van der Waals surface area (Å²) in [6.07, 6.45) is 0. The van der Waals surface area contributed by atoms with Crippen LogP contribution in [0.2, 0.25) is 0 Å². The summed E-state index contributed by atoms with van der Waals surface area (Å²) in [6.45, 7) is 8.43. The van der Waals surface area contributed by atoms with Crippen molar-refractivity contribution in [2.75, 3.05) is 11.9 Å². The third kappa shape index (κ3) is 4.04. The summed E-state index contributed by atoms with van der Waals surface area (Å²) in [5.74, 6) is 2.21. The lowest BCUT2D eigenvalue weighted by Crippen LogP contribution is -2.17. The van der Waals surface area contributed by atoms with Crippen LogP contribution in [0.4, 0.5) is 5.82 Å². The van der Waals surface area contributed by atoms with Crippen molar-refractivity contribution >= 4 is 5.82 Å². The molecule has 1 atom stereocenters. The number of aliphatic hydroxyl groups excluding tert-OH is 1. The molecule has 0 spiro atoms. The fraction of sp³-hybridized carbons (Fsp3) is 0.444. The van der Waals surface area contributed by atoms with E-state index in [9.17, 15) is 5.11 Å². The van der Waals surface area contributed by atoms with Gasteiger partial charge in [-0.2, -0.15) is 0 Å². The van der Waals surface area contributed by atoms with Crippen molar-refractivity contribution in [2.45, 2.75) is 45.6 Å². The Hall–Kier alpha value is -1.94.